The van der Waals surface area contributed by atoms with Crippen molar-refractivity contribution in [2.45, 2.75) is 36.6 Å². The van der Waals surface area contributed by atoms with Gasteiger partial charge in [-0.2, -0.15) is 0 Å². The van der Waals surface area contributed by atoms with Crippen molar-refractivity contribution in [2.24, 2.45) is 5.92 Å². The zero-order chi connectivity index (χ0) is 22.5. The van der Waals surface area contributed by atoms with Crippen LogP contribution in [0.15, 0.2) is 82.6 Å². The van der Waals surface area contributed by atoms with Crippen molar-refractivity contribution >= 4 is 28.3 Å². The number of nitrogens with zero attached hydrogens (tertiary/aromatic N) is 1. The minimum atomic E-state index is -1.14. The van der Waals surface area contributed by atoms with Gasteiger partial charge in [-0.1, -0.05) is 30.5 Å². The highest BCUT2D eigenvalue weighted by atomic mass is 35.5. The molecule has 1 fully saturated rings. The molecular weight excluding hydrogens is 444 g/mol. The van der Waals surface area contributed by atoms with Crippen LogP contribution in [0.5, 0.6) is 0 Å². The van der Waals surface area contributed by atoms with Crippen molar-refractivity contribution in [3.8, 4) is 5.69 Å². The summed E-state index contributed by atoms with van der Waals surface area (Å²) in [5, 5.41) is 3.78. The van der Waals surface area contributed by atoms with Crippen LogP contribution in [0.2, 0.25) is 5.02 Å². The Kier molecular flexibility index (Phi) is 7.22. The number of benzene rings is 2. The molecule has 3 aromatic rings. The van der Waals surface area contributed by atoms with E-state index in [0.29, 0.717) is 22.0 Å². The third-order valence-electron chi connectivity index (χ3n) is 5.90. The van der Waals surface area contributed by atoms with Crippen molar-refractivity contribution in [3.05, 3.63) is 93.9 Å². The van der Waals surface area contributed by atoms with Crippen molar-refractivity contribution in [1.82, 2.24) is 9.88 Å². The smallest absolute Gasteiger partial charge is 0.255 e. The number of pyridine rings is 1. The molecule has 32 heavy (non-hydrogen) atoms. The second-order valence-corrected chi connectivity index (χ2v) is 9.98. The molecule has 7 heteroatoms. The zero-order valence-corrected chi connectivity index (χ0v) is 19.1. The molecular formula is C25H25ClN2O3S. The summed E-state index contributed by atoms with van der Waals surface area (Å²) >= 11 is 5.94. The standard InChI is InChI=1S/C25H25ClN2O3S/c26-20-10-14-22(15-11-20)32(31)17-19-5-1-2-6-23(19)27-25(30)18-8-12-21(13-9-18)28-16-4-3-7-24(28)29/h3-4,7-16,19,23H,1-2,5-6,17H2,(H,27,30)/t19?,23-,32?/m0/s1. The average molecular weight is 469 g/mol. The summed E-state index contributed by atoms with van der Waals surface area (Å²) in [5.41, 5.74) is 1.13. The number of rotatable bonds is 6. The molecule has 1 amide bonds. The maximum Gasteiger partial charge on any atom is 0.255 e. The minimum Gasteiger partial charge on any atom is -0.349 e. The lowest BCUT2D eigenvalue weighted by atomic mass is 9.85. The SMILES string of the molecule is O=C(N[C@H]1CCCCC1CS(=O)c1ccc(Cl)cc1)c1ccc(-n2ccccc2=O)cc1. The number of amides is 1. The Morgan fingerprint density at radius 3 is 2.44 bits per heavy atom. The molecule has 2 unspecified atom stereocenters. The van der Waals surface area contributed by atoms with Gasteiger partial charge >= 0.3 is 0 Å². The van der Waals surface area contributed by atoms with Crippen LogP contribution in [0.4, 0.5) is 0 Å². The number of hydrogen-bond acceptors (Lipinski definition) is 3. The molecule has 0 spiro atoms. The molecule has 0 radical (unpaired) electrons. The fraction of sp³-hybridized carbons (Fsp3) is 0.280. The van der Waals surface area contributed by atoms with Gasteiger partial charge in [0.25, 0.3) is 11.5 Å². The highest BCUT2D eigenvalue weighted by Crippen LogP contribution is 2.27. The molecule has 3 atom stereocenters. The van der Waals surface area contributed by atoms with E-state index in [4.69, 9.17) is 11.6 Å². The first kappa shape index (κ1) is 22.5. The molecule has 1 heterocycles. The largest absolute Gasteiger partial charge is 0.349 e. The van der Waals surface area contributed by atoms with Crippen molar-refractivity contribution in [3.63, 3.8) is 0 Å². The Hall–Kier alpha value is -2.70. The number of nitrogens with one attached hydrogen (secondary N) is 1. The lowest BCUT2D eigenvalue weighted by Crippen LogP contribution is -2.44. The van der Waals surface area contributed by atoms with E-state index in [-0.39, 0.29) is 23.4 Å². The molecule has 166 valence electrons. The number of carbonyl (C=O) groups excluding carboxylic acids is 1. The van der Waals surface area contributed by atoms with Crippen LogP contribution >= 0.6 is 11.6 Å². The zero-order valence-electron chi connectivity index (χ0n) is 17.6. The molecule has 1 N–H and O–H groups in total. The highest BCUT2D eigenvalue weighted by molar-refractivity contribution is 7.85. The van der Waals surface area contributed by atoms with E-state index in [0.717, 1.165) is 30.6 Å². The van der Waals surface area contributed by atoms with Gasteiger partial charge in [0.2, 0.25) is 0 Å². The van der Waals surface area contributed by atoms with Crippen LogP contribution in [0.25, 0.3) is 5.69 Å². The summed E-state index contributed by atoms with van der Waals surface area (Å²) in [4.78, 5) is 25.7. The molecule has 0 aliphatic heterocycles. The molecule has 0 bridgehead atoms. The van der Waals surface area contributed by atoms with Crippen LogP contribution in [-0.4, -0.2) is 26.5 Å². The van der Waals surface area contributed by atoms with Gasteiger partial charge in [0.1, 0.15) is 0 Å². The van der Waals surface area contributed by atoms with Gasteiger partial charge in [-0.3, -0.25) is 18.4 Å². The quantitative estimate of drug-likeness (QED) is 0.575. The first-order chi connectivity index (χ1) is 15.5. The topological polar surface area (TPSA) is 68.2 Å². The highest BCUT2D eigenvalue weighted by Gasteiger charge is 2.28. The molecule has 1 aliphatic carbocycles. The van der Waals surface area contributed by atoms with Crippen LogP contribution < -0.4 is 10.9 Å². The molecule has 2 aromatic carbocycles. The van der Waals surface area contributed by atoms with Crippen LogP contribution in [0, 0.1) is 5.92 Å². The van der Waals surface area contributed by atoms with Crippen molar-refractivity contribution in [1.29, 1.82) is 0 Å². The fourth-order valence-electron chi connectivity index (χ4n) is 4.14. The summed E-state index contributed by atoms with van der Waals surface area (Å²) in [6, 6.07) is 19.1. The predicted octanol–water partition coefficient (Wildman–Crippen LogP) is 4.59. The Bertz CT molecular complexity index is 1160. The van der Waals surface area contributed by atoms with E-state index >= 15 is 0 Å². The minimum absolute atomic E-state index is 0.0103. The van der Waals surface area contributed by atoms with Crippen LogP contribution in [0.1, 0.15) is 36.0 Å². The Labute approximate surface area is 194 Å². The van der Waals surface area contributed by atoms with Gasteiger partial charge in [-0.05, 0) is 73.4 Å². The second-order valence-electron chi connectivity index (χ2n) is 8.05. The van der Waals surface area contributed by atoms with Crippen LogP contribution in [-0.2, 0) is 10.8 Å². The first-order valence-corrected chi connectivity index (χ1v) is 12.4. The average Bonchev–Trinajstić information content (AvgIpc) is 2.81. The summed E-state index contributed by atoms with van der Waals surface area (Å²) in [6.45, 7) is 0. The molecule has 1 saturated carbocycles. The van der Waals surface area contributed by atoms with Crippen molar-refractivity contribution in [2.75, 3.05) is 5.75 Å². The van der Waals surface area contributed by atoms with E-state index in [9.17, 15) is 13.8 Å². The molecule has 1 aromatic heterocycles. The number of halogens is 1. The Balaban J connectivity index is 1.42. The maximum absolute atomic E-state index is 12.9. The third-order valence-corrected chi connectivity index (χ3v) is 7.68. The molecule has 4 rings (SSSR count). The monoisotopic (exact) mass is 468 g/mol. The van der Waals surface area contributed by atoms with Crippen molar-refractivity contribution < 1.29 is 9.00 Å². The molecule has 0 saturated heterocycles. The normalized spacial score (nSPS) is 19.3. The van der Waals surface area contributed by atoms with Gasteiger partial charge in [-0.25, -0.2) is 0 Å². The van der Waals surface area contributed by atoms with E-state index in [1.165, 1.54) is 10.6 Å². The number of aromatic nitrogens is 1. The van der Waals surface area contributed by atoms with Gasteiger partial charge in [-0.15, -0.1) is 0 Å². The van der Waals surface area contributed by atoms with E-state index in [1.54, 1.807) is 66.9 Å². The summed E-state index contributed by atoms with van der Waals surface area (Å²) in [5.74, 6) is 0.528. The van der Waals surface area contributed by atoms with Gasteiger partial charge in [0.15, 0.2) is 0 Å². The second kappa shape index (κ2) is 10.3. The van der Waals surface area contributed by atoms with E-state index in [1.807, 2.05) is 0 Å². The van der Waals surface area contributed by atoms with E-state index in [2.05, 4.69) is 5.32 Å². The summed E-state index contributed by atoms with van der Waals surface area (Å²) < 4.78 is 14.4. The van der Waals surface area contributed by atoms with Gasteiger partial charge in [0.05, 0.1) is 10.8 Å². The van der Waals surface area contributed by atoms with Gasteiger partial charge < -0.3 is 5.32 Å². The summed E-state index contributed by atoms with van der Waals surface area (Å²) in [6.07, 6.45) is 5.65. The lowest BCUT2D eigenvalue weighted by molar-refractivity contribution is 0.0911. The van der Waals surface area contributed by atoms with Gasteiger partial charge in [0, 0.05) is 45.2 Å². The lowest BCUT2D eigenvalue weighted by Gasteiger charge is -2.32. The Morgan fingerprint density at radius 2 is 1.72 bits per heavy atom. The summed E-state index contributed by atoms with van der Waals surface area (Å²) in [7, 11) is -1.14. The first-order valence-electron chi connectivity index (χ1n) is 10.7. The number of hydrogen-bond donors (Lipinski definition) is 1. The number of carbonyl (C=O) groups is 1. The Morgan fingerprint density at radius 1 is 1.00 bits per heavy atom. The third kappa shape index (κ3) is 5.37. The maximum atomic E-state index is 12.9. The fourth-order valence-corrected chi connectivity index (χ4v) is 5.69. The molecule has 5 nitrogen and oxygen atoms in total. The predicted molar refractivity (Wildman–Crippen MR) is 128 cm³/mol. The molecule has 1 aliphatic rings. The van der Waals surface area contributed by atoms with Crippen LogP contribution in [0.3, 0.4) is 0 Å². The van der Waals surface area contributed by atoms with E-state index < -0.39 is 10.8 Å².